The normalized spacial score (nSPS) is 16.8. The van der Waals surface area contributed by atoms with E-state index in [1.807, 2.05) is 73.3 Å². The van der Waals surface area contributed by atoms with Crippen molar-refractivity contribution in [2.45, 2.75) is 62.4 Å². The number of hydrogen-bond donors (Lipinski definition) is 1. The first-order valence-electron chi connectivity index (χ1n) is 13.7. The van der Waals surface area contributed by atoms with Crippen LogP contribution in [-0.2, 0) is 33.8 Å². The van der Waals surface area contributed by atoms with E-state index in [0.29, 0.717) is 18.5 Å². The monoisotopic (exact) mass is 574 g/mol. The van der Waals surface area contributed by atoms with E-state index < -0.39 is 21.9 Å². The molecule has 0 spiro atoms. The van der Waals surface area contributed by atoms with Gasteiger partial charge in [-0.05, 0) is 70.8 Å². The Morgan fingerprint density at radius 3 is 2.49 bits per heavy atom. The maximum Gasteiger partial charge on any atom is 0.241 e. The third kappa shape index (κ3) is 6.11. The number of nitrogens with one attached hydrogen (secondary N) is 1. The van der Waals surface area contributed by atoms with Crippen LogP contribution in [-0.4, -0.2) is 23.9 Å². The summed E-state index contributed by atoms with van der Waals surface area (Å²) in [4.78, 5) is 20.0. The van der Waals surface area contributed by atoms with Gasteiger partial charge >= 0.3 is 0 Å². The van der Waals surface area contributed by atoms with E-state index in [1.54, 1.807) is 11.1 Å². The molecule has 1 heterocycles. The first kappa shape index (κ1) is 28.7. The molecule has 7 nitrogen and oxygen atoms in total. The van der Waals surface area contributed by atoms with E-state index >= 15 is 0 Å². The lowest BCUT2D eigenvalue weighted by molar-refractivity contribution is -0.119. The predicted octanol–water partition coefficient (Wildman–Crippen LogP) is 5.99. The van der Waals surface area contributed by atoms with Crippen molar-refractivity contribution < 1.29 is 17.6 Å². The minimum absolute atomic E-state index is 0.00259. The molecule has 0 radical (unpaired) electrons. The summed E-state index contributed by atoms with van der Waals surface area (Å²) in [5, 5.41) is 0. The Bertz CT molecular complexity index is 1650. The molecule has 0 fully saturated rings. The maximum absolute atomic E-state index is 13.9. The molecule has 1 aliphatic carbocycles. The summed E-state index contributed by atoms with van der Waals surface area (Å²) in [5.74, 6) is 0.196. The van der Waals surface area contributed by atoms with Gasteiger partial charge < -0.3 is 9.47 Å². The zero-order chi connectivity index (χ0) is 29.4. The number of hydrogen-bond acceptors (Lipinski definition) is 4. The molecule has 1 amide bonds. The van der Waals surface area contributed by atoms with Gasteiger partial charge in [0.05, 0.1) is 11.4 Å². The number of sulfonamides is 1. The fraction of sp³-hybridized carbons (Fsp3) is 0.312. The minimum atomic E-state index is -3.91. The lowest BCUT2D eigenvalue weighted by Gasteiger charge is -2.26. The van der Waals surface area contributed by atoms with E-state index in [0.717, 1.165) is 34.6 Å². The molecule has 1 aliphatic rings. The van der Waals surface area contributed by atoms with E-state index in [9.17, 15) is 17.6 Å². The molecule has 1 aromatic heterocycles. The standard InChI is InChI=1S/C32H35FN4O3S/c1-22(23-8-6-5-7-9-23)18-31(38)37(21-30-34-16-17-36(30)4)25-12-15-28-27(19-25)29(20-32(28,2)3)35-41(39,40)26-13-10-24(33)11-14-26/h5-17,19,22,29,35H,18,20-21H2,1-4H3/t22-,29-/m0/s1. The topological polar surface area (TPSA) is 84.3 Å². The van der Waals surface area contributed by atoms with Crippen LogP contribution in [0.4, 0.5) is 10.1 Å². The highest BCUT2D eigenvalue weighted by atomic mass is 32.2. The van der Waals surface area contributed by atoms with Gasteiger partial charge in [-0.25, -0.2) is 22.5 Å². The van der Waals surface area contributed by atoms with Crippen LogP contribution < -0.4 is 9.62 Å². The number of nitrogens with zero attached hydrogens (tertiary/aromatic N) is 3. The first-order chi connectivity index (χ1) is 19.4. The van der Waals surface area contributed by atoms with Crippen LogP contribution in [0.1, 0.15) is 68.1 Å². The Hall–Kier alpha value is -3.82. The molecule has 0 bridgehead atoms. The number of rotatable bonds is 9. The quantitative estimate of drug-likeness (QED) is 0.266. The molecule has 41 heavy (non-hydrogen) atoms. The Labute approximate surface area is 241 Å². The predicted molar refractivity (Wildman–Crippen MR) is 157 cm³/mol. The van der Waals surface area contributed by atoms with E-state index in [2.05, 4.69) is 23.6 Å². The summed E-state index contributed by atoms with van der Waals surface area (Å²) >= 11 is 0. The molecule has 9 heteroatoms. The van der Waals surface area contributed by atoms with Crippen LogP contribution in [0, 0.1) is 5.82 Å². The van der Waals surface area contributed by atoms with Crippen LogP contribution in [0.3, 0.4) is 0 Å². The van der Waals surface area contributed by atoms with Crippen LogP contribution >= 0.6 is 0 Å². The molecule has 1 N–H and O–H groups in total. The number of carbonyl (C=O) groups excluding carboxylic acids is 1. The van der Waals surface area contributed by atoms with Gasteiger partial charge in [-0.2, -0.15) is 0 Å². The van der Waals surface area contributed by atoms with Gasteiger partial charge in [0.1, 0.15) is 11.6 Å². The Balaban J connectivity index is 1.49. The number of fused-ring (bicyclic) bond motifs is 1. The van der Waals surface area contributed by atoms with Crippen molar-refractivity contribution in [1.82, 2.24) is 14.3 Å². The minimum Gasteiger partial charge on any atom is -0.337 e. The van der Waals surface area contributed by atoms with Crippen LogP contribution in [0.5, 0.6) is 0 Å². The third-order valence-electron chi connectivity index (χ3n) is 7.96. The summed E-state index contributed by atoms with van der Waals surface area (Å²) in [5.41, 5.74) is 3.33. The third-order valence-corrected chi connectivity index (χ3v) is 9.45. The zero-order valence-electron chi connectivity index (χ0n) is 23.7. The van der Waals surface area contributed by atoms with Crippen molar-refractivity contribution >= 4 is 21.6 Å². The van der Waals surface area contributed by atoms with Gasteiger partial charge in [0, 0.05) is 37.6 Å². The molecular formula is C32H35FN4O3S. The molecule has 214 valence electrons. The highest BCUT2D eigenvalue weighted by Gasteiger charge is 2.39. The summed E-state index contributed by atoms with van der Waals surface area (Å²) in [7, 11) is -2.01. The van der Waals surface area contributed by atoms with Crippen LogP contribution in [0.2, 0.25) is 0 Å². The van der Waals surface area contributed by atoms with Gasteiger partial charge in [0.2, 0.25) is 15.9 Å². The van der Waals surface area contributed by atoms with Gasteiger partial charge in [0.15, 0.2) is 0 Å². The number of anilines is 1. The number of benzene rings is 3. The second kappa shape index (κ2) is 11.2. The molecule has 5 rings (SSSR count). The maximum atomic E-state index is 13.9. The van der Waals surface area contributed by atoms with Crippen LogP contribution in [0.25, 0.3) is 0 Å². The summed E-state index contributed by atoms with van der Waals surface area (Å²) < 4.78 is 44.7. The highest BCUT2D eigenvalue weighted by molar-refractivity contribution is 7.89. The molecule has 2 atom stereocenters. The number of amides is 1. The summed E-state index contributed by atoms with van der Waals surface area (Å²) in [6.07, 6.45) is 4.40. The van der Waals surface area contributed by atoms with E-state index in [4.69, 9.17) is 0 Å². The van der Waals surface area contributed by atoms with Gasteiger partial charge in [0.25, 0.3) is 0 Å². The molecule has 3 aromatic carbocycles. The first-order valence-corrected chi connectivity index (χ1v) is 15.2. The number of carbonyl (C=O) groups is 1. The molecular weight excluding hydrogens is 539 g/mol. The second-order valence-electron chi connectivity index (χ2n) is 11.4. The van der Waals surface area contributed by atoms with Crippen molar-refractivity contribution in [1.29, 1.82) is 0 Å². The largest absolute Gasteiger partial charge is 0.337 e. The highest BCUT2D eigenvalue weighted by Crippen LogP contribution is 2.46. The Kier molecular flexibility index (Phi) is 7.85. The summed E-state index contributed by atoms with van der Waals surface area (Å²) in [6, 6.07) is 20.1. The molecule has 0 saturated heterocycles. The molecule has 0 aliphatic heterocycles. The average Bonchev–Trinajstić information content (AvgIpc) is 3.45. The summed E-state index contributed by atoms with van der Waals surface area (Å²) in [6.45, 7) is 6.47. The molecule has 4 aromatic rings. The lowest BCUT2D eigenvalue weighted by Crippen LogP contribution is -2.32. The number of halogens is 1. The van der Waals surface area contributed by atoms with Crippen molar-refractivity contribution in [3.05, 3.63) is 114 Å². The fourth-order valence-corrected chi connectivity index (χ4v) is 6.83. The lowest BCUT2D eigenvalue weighted by atomic mass is 9.86. The van der Waals surface area contributed by atoms with E-state index in [-0.39, 0.29) is 28.7 Å². The SMILES string of the molecule is C[C@@H](CC(=O)N(Cc1nccn1C)c1ccc2c(c1)[C@@H](NS(=O)(=O)c1ccc(F)cc1)CC2(C)C)c1ccccc1. The average molecular weight is 575 g/mol. The van der Waals surface area contributed by atoms with Crippen molar-refractivity contribution in [3.8, 4) is 0 Å². The van der Waals surface area contributed by atoms with Crippen molar-refractivity contribution in [2.75, 3.05) is 4.90 Å². The smallest absolute Gasteiger partial charge is 0.241 e. The molecule has 0 unspecified atom stereocenters. The van der Waals surface area contributed by atoms with Gasteiger partial charge in [-0.15, -0.1) is 0 Å². The number of imidazole rings is 1. The van der Waals surface area contributed by atoms with Gasteiger partial charge in [-0.1, -0.05) is 57.2 Å². The van der Waals surface area contributed by atoms with Crippen molar-refractivity contribution in [3.63, 3.8) is 0 Å². The second-order valence-corrected chi connectivity index (χ2v) is 13.2. The zero-order valence-corrected chi connectivity index (χ0v) is 24.5. The van der Waals surface area contributed by atoms with E-state index in [1.165, 1.54) is 12.1 Å². The molecule has 0 saturated carbocycles. The fourth-order valence-electron chi connectivity index (χ4n) is 5.61. The number of aryl methyl sites for hydroxylation is 1. The van der Waals surface area contributed by atoms with Gasteiger partial charge in [-0.3, -0.25) is 4.79 Å². The number of aromatic nitrogens is 2. The van der Waals surface area contributed by atoms with Crippen molar-refractivity contribution in [2.24, 2.45) is 7.05 Å². The van der Waals surface area contributed by atoms with Crippen LogP contribution in [0.15, 0.2) is 90.1 Å². The Morgan fingerprint density at radius 2 is 1.83 bits per heavy atom. The Morgan fingerprint density at radius 1 is 1.12 bits per heavy atom.